The number of guanidine groups is 1. The number of hydrogen-bond donors (Lipinski definition) is 2. The lowest BCUT2D eigenvalue weighted by atomic mass is 10.0. The molecule has 2 rings (SSSR count). The summed E-state index contributed by atoms with van der Waals surface area (Å²) in [5.74, 6) is 1.22. The van der Waals surface area contributed by atoms with Crippen LogP contribution in [0.2, 0.25) is 0 Å². The first-order valence-electron chi connectivity index (χ1n) is 9.80. The molecule has 1 aliphatic rings. The lowest BCUT2D eigenvalue weighted by molar-refractivity contribution is 0.0205. The largest absolute Gasteiger partial charge is 0.381 e. The first-order chi connectivity index (χ1) is 13.2. The molecule has 0 radical (unpaired) electrons. The average molecular weight is 444 g/mol. The predicted octanol–water partition coefficient (Wildman–Crippen LogP) is 3.52. The first-order valence-corrected chi connectivity index (χ1v) is 10.6. The predicted molar refractivity (Wildman–Crippen MR) is 111 cm³/mol. The number of aliphatic imine (C=N–C) groups is 1. The normalized spacial score (nSPS) is 15.7. The van der Waals surface area contributed by atoms with Crippen LogP contribution in [0, 0.1) is 11.7 Å². The van der Waals surface area contributed by atoms with Crippen LogP contribution in [0.4, 0.5) is 4.39 Å². The van der Waals surface area contributed by atoms with Crippen molar-refractivity contribution in [1.82, 2.24) is 10.6 Å². The van der Waals surface area contributed by atoms with Crippen molar-refractivity contribution in [2.24, 2.45) is 10.9 Å². The zero-order chi connectivity index (χ0) is 19.3. The van der Waals surface area contributed by atoms with E-state index in [9.17, 15) is 4.39 Å². The minimum atomic E-state index is -0.177. The summed E-state index contributed by atoms with van der Waals surface area (Å²) in [6, 6.07) is 5.01. The molecule has 0 atom stereocenters. The van der Waals surface area contributed by atoms with E-state index in [4.69, 9.17) is 9.47 Å². The number of benzene rings is 1. The van der Waals surface area contributed by atoms with Gasteiger partial charge in [0.05, 0.1) is 0 Å². The molecule has 1 saturated heterocycles. The van der Waals surface area contributed by atoms with Gasteiger partial charge in [0.2, 0.25) is 0 Å². The zero-order valence-electron chi connectivity index (χ0n) is 16.1. The Hall–Kier alpha value is -1.18. The number of nitrogens with zero attached hydrogens (tertiary/aromatic N) is 1. The second-order valence-electron chi connectivity index (χ2n) is 6.66. The summed E-state index contributed by atoms with van der Waals surface area (Å²) in [5, 5.41) is 6.48. The minimum Gasteiger partial charge on any atom is -0.381 e. The third-order valence-corrected chi connectivity index (χ3v) is 4.94. The highest BCUT2D eigenvalue weighted by Crippen LogP contribution is 2.16. The molecule has 1 heterocycles. The highest BCUT2D eigenvalue weighted by atomic mass is 79.9. The monoisotopic (exact) mass is 443 g/mol. The Labute approximate surface area is 170 Å². The van der Waals surface area contributed by atoms with Gasteiger partial charge in [-0.3, -0.25) is 4.99 Å². The quantitative estimate of drug-likeness (QED) is 0.330. The van der Waals surface area contributed by atoms with Gasteiger partial charge in [-0.2, -0.15) is 0 Å². The fourth-order valence-corrected chi connectivity index (χ4v) is 3.32. The van der Waals surface area contributed by atoms with Crippen LogP contribution in [-0.4, -0.2) is 52.0 Å². The molecule has 1 aromatic rings. The summed E-state index contributed by atoms with van der Waals surface area (Å²) in [7, 11) is 0. The number of hydrogen-bond acceptors (Lipinski definition) is 3. The van der Waals surface area contributed by atoms with Crippen LogP contribution in [0.5, 0.6) is 0 Å². The van der Waals surface area contributed by atoms with Crippen molar-refractivity contribution in [3.8, 4) is 0 Å². The molecule has 0 amide bonds. The Morgan fingerprint density at radius 3 is 2.93 bits per heavy atom. The number of nitrogens with one attached hydrogen (secondary N) is 2. The van der Waals surface area contributed by atoms with E-state index in [0.29, 0.717) is 31.0 Å². The lowest BCUT2D eigenvalue weighted by Gasteiger charge is -2.21. The number of ether oxygens (including phenoxy) is 2. The van der Waals surface area contributed by atoms with Gasteiger partial charge in [-0.1, -0.05) is 15.9 Å². The van der Waals surface area contributed by atoms with Crippen LogP contribution in [-0.2, 0) is 15.9 Å². The van der Waals surface area contributed by atoms with Crippen LogP contribution in [0.25, 0.3) is 0 Å². The summed E-state index contributed by atoms with van der Waals surface area (Å²) in [6.45, 7) is 7.42. The number of rotatable bonds is 10. The van der Waals surface area contributed by atoms with E-state index in [0.717, 1.165) is 62.7 Å². The lowest BCUT2D eigenvalue weighted by Crippen LogP contribution is -2.38. The fourth-order valence-electron chi connectivity index (χ4n) is 2.91. The topological polar surface area (TPSA) is 54.9 Å². The molecule has 5 nitrogen and oxygen atoms in total. The van der Waals surface area contributed by atoms with Crippen molar-refractivity contribution >= 4 is 21.9 Å². The molecule has 1 aromatic carbocycles. The molecule has 0 saturated carbocycles. The summed E-state index contributed by atoms with van der Waals surface area (Å²) in [6.07, 6.45) is 3.69. The zero-order valence-corrected chi connectivity index (χ0v) is 17.7. The van der Waals surface area contributed by atoms with Crippen LogP contribution < -0.4 is 10.6 Å². The van der Waals surface area contributed by atoms with Crippen molar-refractivity contribution < 1.29 is 13.9 Å². The first kappa shape index (κ1) is 22.1. The van der Waals surface area contributed by atoms with E-state index < -0.39 is 0 Å². The van der Waals surface area contributed by atoms with Crippen molar-refractivity contribution in [2.45, 2.75) is 32.6 Å². The van der Waals surface area contributed by atoms with Crippen LogP contribution >= 0.6 is 15.9 Å². The summed E-state index contributed by atoms with van der Waals surface area (Å²) in [4.78, 5) is 4.56. The van der Waals surface area contributed by atoms with Crippen LogP contribution in [0.15, 0.2) is 27.7 Å². The van der Waals surface area contributed by atoms with Gasteiger partial charge in [-0.05, 0) is 62.3 Å². The van der Waals surface area contributed by atoms with E-state index >= 15 is 0 Å². The Morgan fingerprint density at radius 2 is 2.15 bits per heavy atom. The molecular weight excluding hydrogens is 413 g/mol. The maximum atomic E-state index is 13.8. The smallest absolute Gasteiger partial charge is 0.191 e. The highest BCUT2D eigenvalue weighted by Gasteiger charge is 2.13. The van der Waals surface area contributed by atoms with E-state index in [1.165, 1.54) is 6.07 Å². The molecule has 0 aromatic heterocycles. The van der Waals surface area contributed by atoms with Gasteiger partial charge in [0.15, 0.2) is 5.96 Å². The molecular formula is C20H31BrFN3O2. The summed E-state index contributed by atoms with van der Waals surface area (Å²) >= 11 is 3.38. The minimum absolute atomic E-state index is 0.177. The molecule has 2 N–H and O–H groups in total. The van der Waals surface area contributed by atoms with Crippen molar-refractivity contribution in [1.29, 1.82) is 0 Å². The molecule has 1 aliphatic heterocycles. The van der Waals surface area contributed by atoms with Crippen molar-refractivity contribution in [2.75, 3.05) is 46.1 Å². The average Bonchev–Trinajstić information content (AvgIpc) is 2.68. The Balaban J connectivity index is 1.63. The molecule has 0 bridgehead atoms. The second-order valence-corrected chi connectivity index (χ2v) is 7.57. The summed E-state index contributed by atoms with van der Waals surface area (Å²) < 4.78 is 25.8. The van der Waals surface area contributed by atoms with E-state index in [1.807, 2.05) is 13.0 Å². The van der Waals surface area contributed by atoms with E-state index in [2.05, 4.69) is 31.6 Å². The van der Waals surface area contributed by atoms with Gasteiger partial charge in [0, 0.05) is 50.5 Å². The van der Waals surface area contributed by atoms with E-state index in [-0.39, 0.29) is 5.82 Å². The standard InChI is InChI=1S/C20H31BrFN3O2/c1-2-23-20(25-10-6-17-14-18(21)4-5-19(17)22)24-9-3-11-27-15-16-7-12-26-13-8-16/h4-5,14,16H,2-3,6-13,15H2,1H3,(H2,23,24,25). The SMILES string of the molecule is CCNC(=NCCCOCC1CCOCC1)NCCc1cc(Br)ccc1F. The summed E-state index contributed by atoms with van der Waals surface area (Å²) in [5.41, 5.74) is 0.689. The van der Waals surface area contributed by atoms with Crippen LogP contribution in [0.1, 0.15) is 31.7 Å². The molecule has 7 heteroatoms. The third kappa shape index (κ3) is 9.04. The van der Waals surface area contributed by atoms with Gasteiger partial charge in [-0.15, -0.1) is 0 Å². The van der Waals surface area contributed by atoms with Gasteiger partial charge in [0.25, 0.3) is 0 Å². The maximum Gasteiger partial charge on any atom is 0.191 e. The van der Waals surface area contributed by atoms with Gasteiger partial charge in [0.1, 0.15) is 5.82 Å². The van der Waals surface area contributed by atoms with E-state index in [1.54, 1.807) is 6.07 Å². The third-order valence-electron chi connectivity index (χ3n) is 4.45. The molecule has 0 spiro atoms. The second kappa shape index (κ2) is 13.1. The van der Waals surface area contributed by atoms with Gasteiger partial charge < -0.3 is 20.1 Å². The Morgan fingerprint density at radius 1 is 1.33 bits per heavy atom. The molecule has 0 unspecified atom stereocenters. The molecule has 1 fully saturated rings. The van der Waals surface area contributed by atoms with Crippen molar-refractivity contribution in [3.05, 3.63) is 34.1 Å². The highest BCUT2D eigenvalue weighted by molar-refractivity contribution is 9.10. The number of halogens is 2. The van der Waals surface area contributed by atoms with Crippen LogP contribution in [0.3, 0.4) is 0 Å². The molecule has 0 aliphatic carbocycles. The maximum absolute atomic E-state index is 13.8. The fraction of sp³-hybridized carbons (Fsp3) is 0.650. The Kier molecular flexibility index (Phi) is 10.7. The molecule has 152 valence electrons. The molecule has 27 heavy (non-hydrogen) atoms. The van der Waals surface area contributed by atoms with Gasteiger partial charge >= 0.3 is 0 Å². The van der Waals surface area contributed by atoms with Gasteiger partial charge in [-0.25, -0.2) is 4.39 Å². The Bertz CT molecular complexity index is 580. The van der Waals surface area contributed by atoms with Crippen molar-refractivity contribution in [3.63, 3.8) is 0 Å².